The standard InChI is InChI=1S/C25H22N2O2S/c1-17(2)18-8-10-21(11-9-18)25-27-22(16-30-25)15-29-23(28)13-12-20-6-3-5-19-7-4-14-26-24(19)20/h3-14,16-17H,15H2,1-2H3/b13-12+. The van der Waals surface area contributed by atoms with Gasteiger partial charge >= 0.3 is 5.97 Å². The topological polar surface area (TPSA) is 52.1 Å². The summed E-state index contributed by atoms with van der Waals surface area (Å²) < 4.78 is 5.36. The Bertz CT molecular complexity index is 1190. The largest absolute Gasteiger partial charge is 0.456 e. The third-order valence-corrected chi connectivity index (χ3v) is 5.74. The predicted molar refractivity (Wildman–Crippen MR) is 122 cm³/mol. The van der Waals surface area contributed by atoms with Crippen LogP contribution in [0, 0.1) is 0 Å². The highest BCUT2D eigenvalue weighted by Gasteiger charge is 2.08. The van der Waals surface area contributed by atoms with Crippen LogP contribution < -0.4 is 0 Å². The van der Waals surface area contributed by atoms with Crippen molar-refractivity contribution in [1.82, 2.24) is 9.97 Å². The van der Waals surface area contributed by atoms with E-state index in [1.807, 2.05) is 35.7 Å². The van der Waals surface area contributed by atoms with Crippen LogP contribution in [-0.4, -0.2) is 15.9 Å². The first-order valence-electron chi connectivity index (χ1n) is 9.83. The molecule has 0 amide bonds. The fourth-order valence-electron chi connectivity index (χ4n) is 3.13. The van der Waals surface area contributed by atoms with E-state index in [1.54, 1.807) is 23.6 Å². The van der Waals surface area contributed by atoms with Crippen molar-refractivity contribution in [1.29, 1.82) is 0 Å². The number of carbonyl (C=O) groups is 1. The fraction of sp³-hybridized carbons (Fsp3) is 0.160. The lowest BCUT2D eigenvalue weighted by molar-refractivity contribution is -0.139. The SMILES string of the molecule is CC(C)c1ccc(-c2nc(COC(=O)/C=C/c3cccc4cccnc34)cs2)cc1. The number of hydrogen-bond donors (Lipinski definition) is 0. The minimum Gasteiger partial charge on any atom is -0.456 e. The van der Waals surface area contributed by atoms with Crippen LogP contribution in [0.4, 0.5) is 0 Å². The number of fused-ring (bicyclic) bond motifs is 1. The molecule has 0 radical (unpaired) electrons. The highest BCUT2D eigenvalue weighted by molar-refractivity contribution is 7.13. The van der Waals surface area contributed by atoms with Crippen LogP contribution in [0.25, 0.3) is 27.6 Å². The van der Waals surface area contributed by atoms with Crippen molar-refractivity contribution in [2.45, 2.75) is 26.4 Å². The van der Waals surface area contributed by atoms with E-state index in [1.165, 1.54) is 11.6 Å². The van der Waals surface area contributed by atoms with Gasteiger partial charge in [-0.1, -0.05) is 62.4 Å². The first kappa shape index (κ1) is 20.0. The van der Waals surface area contributed by atoms with Gasteiger partial charge in [0.15, 0.2) is 0 Å². The van der Waals surface area contributed by atoms with Gasteiger partial charge in [0, 0.05) is 34.2 Å². The normalized spacial score (nSPS) is 11.4. The second kappa shape index (κ2) is 9.01. The van der Waals surface area contributed by atoms with E-state index >= 15 is 0 Å². The summed E-state index contributed by atoms with van der Waals surface area (Å²) in [4.78, 5) is 21.1. The Morgan fingerprint density at radius 1 is 1.10 bits per heavy atom. The van der Waals surface area contributed by atoms with Gasteiger partial charge in [0.1, 0.15) is 11.6 Å². The zero-order valence-corrected chi connectivity index (χ0v) is 17.7. The van der Waals surface area contributed by atoms with E-state index < -0.39 is 5.97 Å². The van der Waals surface area contributed by atoms with Crippen molar-refractivity contribution in [3.8, 4) is 10.6 Å². The van der Waals surface area contributed by atoms with Crippen molar-refractivity contribution in [2.24, 2.45) is 0 Å². The number of ether oxygens (including phenoxy) is 1. The summed E-state index contributed by atoms with van der Waals surface area (Å²) in [5, 5.41) is 3.88. The van der Waals surface area contributed by atoms with Crippen LogP contribution >= 0.6 is 11.3 Å². The van der Waals surface area contributed by atoms with Gasteiger partial charge in [-0.25, -0.2) is 9.78 Å². The summed E-state index contributed by atoms with van der Waals surface area (Å²) in [6.45, 7) is 4.50. The van der Waals surface area contributed by atoms with Gasteiger partial charge in [-0.3, -0.25) is 4.98 Å². The number of pyridine rings is 1. The van der Waals surface area contributed by atoms with E-state index in [-0.39, 0.29) is 6.61 Å². The summed E-state index contributed by atoms with van der Waals surface area (Å²) >= 11 is 1.55. The summed E-state index contributed by atoms with van der Waals surface area (Å²) in [6.07, 6.45) is 4.91. The maximum atomic E-state index is 12.2. The Hall–Kier alpha value is -3.31. The third-order valence-electron chi connectivity index (χ3n) is 4.80. The van der Waals surface area contributed by atoms with E-state index in [4.69, 9.17) is 4.74 Å². The van der Waals surface area contributed by atoms with E-state index in [0.717, 1.165) is 32.7 Å². The molecule has 5 heteroatoms. The molecule has 0 atom stereocenters. The first-order valence-corrected chi connectivity index (χ1v) is 10.7. The predicted octanol–water partition coefficient (Wildman–Crippen LogP) is 6.24. The maximum absolute atomic E-state index is 12.2. The average molecular weight is 415 g/mol. The molecule has 2 aromatic heterocycles. The zero-order chi connectivity index (χ0) is 20.9. The highest BCUT2D eigenvalue weighted by atomic mass is 32.1. The molecule has 0 saturated heterocycles. The molecule has 0 spiro atoms. The minimum absolute atomic E-state index is 0.150. The molecule has 0 bridgehead atoms. The van der Waals surface area contributed by atoms with Crippen LogP contribution in [0.2, 0.25) is 0 Å². The Balaban J connectivity index is 1.38. The molecular formula is C25H22N2O2S. The van der Waals surface area contributed by atoms with Gasteiger partial charge < -0.3 is 4.74 Å². The molecule has 0 aliphatic rings. The molecule has 2 heterocycles. The molecule has 0 fully saturated rings. The molecule has 4 aromatic rings. The lowest BCUT2D eigenvalue weighted by Crippen LogP contribution is -2.01. The number of benzene rings is 2. The zero-order valence-electron chi connectivity index (χ0n) is 16.9. The molecule has 4 nitrogen and oxygen atoms in total. The molecule has 30 heavy (non-hydrogen) atoms. The number of hydrogen-bond acceptors (Lipinski definition) is 5. The second-order valence-electron chi connectivity index (χ2n) is 7.28. The van der Waals surface area contributed by atoms with Crippen LogP contribution in [0.5, 0.6) is 0 Å². The number of carbonyl (C=O) groups excluding carboxylic acids is 1. The van der Waals surface area contributed by atoms with Crippen molar-refractivity contribution in [3.63, 3.8) is 0 Å². The molecule has 150 valence electrons. The number of thiazole rings is 1. The first-order chi connectivity index (χ1) is 14.6. The van der Waals surface area contributed by atoms with Crippen molar-refractivity contribution < 1.29 is 9.53 Å². The number of aromatic nitrogens is 2. The highest BCUT2D eigenvalue weighted by Crippen LogP contribution is 2.26. The molecule has 0 aliphatic heterocycles. The van der Waals surface area contributed by atoms with E-state index in [2.05, 4.69) is 48.1 Å². The van der Waals surface area contributed by atoms with Crippen LogP contribution in [0.15, 0.2) is 72.3 Å². The Morgan fingerprint density at radius 2 is 1.90 bits per heavy atom. The van der Waals surface area contributed by atoms with Gasteiger partial charge in [-0.05, 0) is 23.6 Å². The summed E-state index contributed by atoms with van der Waals surface area (Å²) in [7, 11) is 0. The number of esters is 1. The van der Waals surface area contributed by atoms with Crippen LogP contribution in [-0.2, 0) is 16.1 Å². The summed E-state index contributed by atoms with van der Waals surface area (Å²) in [6, 6.07) is 18.2. The Kier molecular flexibility index (Phi) is 6.00. The molecule has 4 rings (SSSR count). The second-order valence-corrected chi connectivity index (χ2v) is 8.14. The molecule has 2 aromatic carbocycles. The molecule has 0 aliphatic carbocycles. The quantitative estimate of drug-likeness (QED) is 0.277. The van der Waals surface area contributed by atoms with Gasteiger partial charge in [0.05, 0.1) is 11.2 Å². The summed E-state index contributed by atoms with van der Waals surface area (Å²) in [5.74, 6) is 0.0989. The van der Waals surface area contributed by atoms with Crippen molar-refractivity contribution >= 4 is 34.3 Å². The van der Waals surface area contributed by atoms with Crippen LogP contribution in [0.1, 0.15) is 36.6 Å². The molecule has 0 N–H and O–H groups in total. The summed E-state index contributed by atoms with van der Waals surface area (Å²) in [5.41, 5.74) is 4.86. The minimum atomic E-state index is -0.404. The van der Waals surface area contributed by atoms with Crippen molar-refractivity contribution in [2.75, 3.05) is 0 Å². The molecule has 0 saturated carbocycles. The number of rotatable bonds is 6. The average Bonchev–Trinajstić information content (AvgIpc) is 3.25. The van der Waals surface area contributed by atoms with Gasteiger partial charge in [-0.2, -0.15) is 0 Å². The van der Waals surface area contributed by atoms with Gasteiger partial charge in [0.25, 0.3) is 0 Å². The molecular weight excluding hydrogens is 392 g/mol. The third kappa shape index (κ3) is 4.63. The monoisotopic (exact) mass is 414 g/mol. The Morgan fingerprint density at radius 3 is 2.70 bits per heavy atom. The lowest BCUT2D eigenvalue weighted by atomic mass is 10.0. The number of para-hydroxylation sites is 1. The fourth-order valence-corrected chi connectivity index (χ4v) is 3.94. The molecule has 0 unspecified atom stereocenters. The lowest BCUT2D eigenvalue weighted by Gasteiger charge is -2.05. The van der Waals surface area contributed by atoms with Gasteiger partial charge in [-0.15, -0.1) is 11.3 Å². The smallest absolute Gasteiger partial charge is 0.331 e. The van der Waals surface area contributed by atoms with Crippen LogP contribution in [0.3, 0.4) is 0 Å². The van der Waals surface area contributed by atoms with Gasteiger partial charge in [0.2, 0.25) is 0 Å². The number of nitrogens with zero attached hydrogens (tertiary/aromatic N) is 2. The van der Waals surface area contributed by atoms with E-state index in [0.29, 0.717) is 5.92 Å². The van der Waals surface area contributed by atoms with Crippen molar-refractivity contribution in [3.05, 3.63) is 89.1 Å². The maximum Gasteiger partial charge on any atom is 0.331 e. The van der Waals surface area contributed by atoms with E-state index in [9.17, 15) is 4.79 Å². The Labute approximate surface area is 179 Å².